The van der Waals surface area contributed by atoms with Gasteiger partial charge in [-0.2, -0.15) is 0 Å². The summed E-state index contributed by atoms with van der Waals surface area (Å²) in [5, 5.41) is 2.76. The van der Waals surface area contributed by atoms with Crippen LogP contribution in [0, 0.1) is 0 Å². The number of nitrogens with two attached hydrogens (primary N) is 1. The van der Waals surface area contributed by atoms with Crippen LogP contribution in [0.2, 0.25) is 0 Å². The van der Waals surface area contributed by atoms with Crippen LogP contribution in [0.25, 0.3) is 0 Å². The molecule has 0 radical (unpaired) electrons. The zero-order valence-electron chi connectivity index (χ0n) is 8.54. The molecule has 4 heteroatoms. The van der Waals surface area contributed by atoms with E-state index in [4.69, 9.17) is 5.73 Å². The van der Waals surface area contributed by atoms with Crippen molar-refractivity contribution in [3.05, 3.63) is 12.2 Å². The zero-order chi connectivity index (χ0) is 10.2. The summed E-state index contributed by atoms with van der Waals surface area (Å²) in [6.45, 7) is 3.99. The van der Waals surface area contributed by atoms with Gasteiger partial charge < -0.3 is 11.1 Å². The Morgan fingerprint density at radius 1 is 1.50 bits per heavy atom. The molecule has 80 valence electrons. The molecule has 0 unspecified atom stereocenters. The molecule has 3 N–H and O–H groups in total. The van der Waals surface area contributed by atoms with Crippen molar-refractivity contribution in [2.75, 3.05) is 32.7 Å². The van der Waals surface area contributed by atoms with E-state index in [-0.39, 0.29) is 5.91 Å². The Labute approximate surface area is 85.1 Å². The summed E-state index contributed by atoms with van der Waals surface area (Å²) in [6, 6.07) is 0. The summed E-state index contributed by atoms with van der Waals surface area (Å²) in [5.41, 5.74) is 5.28. The molecular formula is C10H19N3O. The maximum absolute atomic E-state index is 11.2. The first-order valence-electron chi connectivity index (χ1n) is 5.17. The van der Waals surface area contributed by atoms with E-state index >= 15 is 0 Å². The van der Waals surface area contributed by atoms with Crippen LogP contribution in [-0.2, 0) is 4.79 Å². The third kappa shape index (κ3) is 4.39. The van der Waals surface area contributed by atoms with Gasteiger partial charge in [0.2, 0.25) is 5.91 Å². The SMILES string of the molecule is NCCNC(=O)CCN1CC=CCC1. The molecular weight excluding hydrogens is 178 g/mol. The molecule has 1 aliphatic heterocycles. The summed E-state index contributed by atoms with van der Waals surface area (Å²) < 4.78 is 0. The lowest BCUT2D eigenvalue weighted by atomic mass is 10.2. The van der Waals surface area contributed by atoms with E-state index in [2.05, 4.69) is 22.4 Å². The van der Waals surface area contributed by atoms with Gasteiger partial charge in [0, 0.05) is 39.1 Å². The molecule has 0 saturated carbocycles. The van der Waals surface area contributed by atoms with Crippen molar-refractivity contribution in [2.24, 2.45) is 5.73 Å². The summed E-state index contributed by atoms with van der Waals surface area (Å²) in [4.78, 5) is 13.5. The predicted molar refractivity (Wildman–Crippen MR) is 56.9 cm³/mol. The normalized spacial score (nSPS) is 16.9. The standard InChI is InChI=1S/C10H19N3O/c11-5-6-12-10(14)4-9-13-7-2-1-3-8-13/h1-2H,3-9,11H2,(H,12,14). The van der Waals surface area contributed by atoms with Gasteiger partial charge in [-0.15, -0.1) is 0 Å². The molecule has 1 aliphatic rings. The molecule has 4 nitrogen and oxygen atoms in total. The second kappa shape index (κ2) is 6.56. The molecule has 1 amide bonds. The first-order valence-corrected chi connectivity index (χ1v) is 5.17. The molecule has 1 heterocycles. The van der Waals surface area contributed by atoms with Crippen molar-refractivity contribution < 1.29 is 4.79 Å². The Kier molecular flexibility index (Phi) is 5.25. The smallest absolute Gasteiger partial charge is 0.221 e. The third-order valence-electron chi connectivity index (χ3n) is 2.26. The van der Waals surface area contributed by atoms with Crippen molar-refractivity contribution in [3.63, 3.8) is 0 Å². The Morgan fingerprint density at radius 3 is 3.00 bits per heavy atom. The van der Waals surface area contributed by atoms with Gasteiger partial charge in [-0.1, -0.05) is 12.2 Å². The third-order valence-corrected chi connectivity index (χ3v) is 2.26. The molecule has 14 heavy (non-hydrogen) atoms. The van der Waals surface area contributed by atoms with Crippen LogP contribution in [-0.4, -0.2) is 43.5 Å². The fourth-order valence-corrected chi connectivity index (χ4v) is 1.45. The molecule has 0 saturated heterocycles. The highest BCUT2D eigenvalue weighted by atomic mass is 16.1. The van der Waals surface area contributed by atoms with E-state index in [0.717, 1.165) is 26.1 Å². The van der Waals surface area contributed by atoms with Gasteiger partial charge in [0.1, 0.15) is 0 Å². The van der Waals surface area contributed by atoms with Gasteiger partial charge in [-0.3, -0.25) is 9.69 Å². The summed E-state index contributed by atoms with van der Waals surface area (Å²) >= 11 is 0. The Balaban J connectivity index is 2.07. The maximum atomic E-state index is 11.2. The van der Waals surface area contributed by atoms with Crippen LogP contribution in [0.15, 0.2) is 12.2 Å². The van der Waals surface area contributed by atoms with E-state index < -0.39 is 0 Å². The highest BCUT2D eigenvalue weighted by Gasteiger charge is 2.07. The first kappa shape index (κ1) is 11.2. The molecule has 0 aromatic carbocycles. The molecule has 1 rings (SSSR count). The van der Waals surface area contributed by atoms with E-state index in [1.165, 1.54) is 0 Å². The molecule has 0 spiro atoms. The van der Waals surface area contributed by atoms with Crippen LogP contribution < -0.4 is 11.1 Å². The quantitative estimate of drug-likeness (QED) is 0.596. The van der Waals surface area contributed by atoms with Gasteiger partial charge in [0.25, 0.3) is 0 Å². The van der Waals surface area contributed by atoms with Crippen molar-refractivity contribution in [2.45, 2.75) is 12.8 Å². The number of carbonyl (C=O) groups is 1. The highest BCUT2D eigenvalue weighted by Crippen LogP contribution is 2.01. The van der Waals surface area contributed by atoms with E-state index in [1.54, 1.807) is 0 Å². The molecule has 0 bridgehead atoms. The number of hydrogen-bond donors (Lipinski definition) is 2. The van der Waals surface area contributed by atoms with Gasteiger partial charge in [0.05, 0.1) is 0 Å². The number of nitrogens with zero attached hydrogens (tertiary/aromatic N) is 1. The summed E-state index contributed by atoms with van der Waals surface area (Å²) in [6.07, 6.45) is 6.02. The van der Waals surface area contributed by atoms with Gasteiger partial charge in [-0.05, 0) is 6.42 Å². The van der Waals surface area contributed by atoms with Crippen molar-refractivity contribution in [3.8, 4) is 0 Å². The Hall–Kier alpha value is -0.870. The van der Waals surface area contributed by atoms with E-state index in [1.807, 2.05) is 0 Å². The second-order valence-corrected chi connectivity index (χ2v) is 3.45. The zero-order valence-corrected chi connectivity index (χ0v) is 8.54. The maximum Gasteiger partial charge on any atom is 0.221 e. The second-order valence-electron chi connectivity index (χ2n) is 3.45. The lowest BCUT2D eigenvalue weighted by molar-refractivity contribution is -0.121. The van der Waals surface area contributed by atoms with Gasteiger partial charge >= 0.3 is 0 Å². The largest absolute Gasteiger partial charge is 0.355 e. The number of hydrogen-bond acceptors (Lipinski definition) is 3. The highest BCUT2D eigenvalue weighted by molar-refractivity contribution is 5.76. The van der Waals surface area contributed by atoms with E-state index in [0.29, 0.717) is 19.5 Å². The Morgan fingerprint density at radius 2 is 2.36 bits per heavy atom. The van der Waals surface area contributed by atoms with Gasteiger partial charge in [0.15, 0.2) is 0 Å². The van der Waals surface area contributed by atoms with Crippen molar-refractivity contribution in [1.29, 1.82) is 0 Å². The van der Waals surface area contributed by atoms with Crippen LogP contribution in [0.4, 0.5) is 0 Å². The average molecular weight is 197 g/mol. The van der Waals surface area contributed by atoms with E-state index in [9.17, 15) is 4.79 Å². The minimum atomic E-state index is 0.102. The summed E-state index contributed by atoms with van der Waals surface area (Å²) in [7, 11) is 0. The minimum absolute atomic E-state index is 0.102. The van der Waals surface area contributed by atoms with Crippen LogP contribution in [0.3, 0.4) is 0 Å². The fraction of sp³-hybridized carbons (Fsp3) is 0.700. The molecule has 0 aliphatic carbocycles. The van der Waals surface area contributed by atoms with Crippen molar-refractivity contribution >= 4 is 5.91 Å². The molecule has 0 atom stereocenters. The van der Waals surface area contributed by atoms with Crippen LogP contribution in [0.1, 0.15) is 12.8 Å². The number of amides is 1. The number of rotatable bonds is 5. The molecule has 0 aromatic heterocycles. The van der Waals surface area contributed by atoms with Crippen LogP contribution in [0.5, 0.6) is 0 Å². The Bertz CT molecular complexity index is 204. The van der Waals surface area contributed by atoms with Crippen molar-refractivity contribution in [1.82, 2.24) is 10.2 Å². The number of nitrogens with one attached hydrogen (secondary N) is 1. The topological polar surface area (TPSA) is 58.4 Å². The number of carbonyl (C=O) groups excluding carboxylic acids is 1. The predicted octanol–water partition coefficient (Wildman–Crippen LogP) is -0.287. The lowest BCUT2D eigenvalue weighted by Gasteiger charge is -2.22. The first-order chi connectivity index (χ1) is 6.83. The minimum Gasteiger partial charge on any atom is -0.355 e. The molecule has 0 fully saturated rings. The average Bonchev–Trinajstić information content (AvgIpc) is 2.25. The monoisotopic (exact) mass is 197 g/mol. The van der Waals surface area contributed by atoms with Crippen LogP contribution >= 0.6 is 0 Å². The fourth-order valence-electron chi connectivity index (χ4n) is 1.45. The van der Waals surface area contributed by atoms with Gasteiger partial charge in [-0.25, -0.2) is 0 Å². The lowest BCUT2D eigenvalue weighted by Crippen LogP contribution is -2.34. The molecule has 0 aromatic rings. The summed E-state index contributed by atoms with van der Waals surface area (Å²) in [5.74, 6) is 0.102.